The molecule has 4 heteroatoms. The Bertz CT molecular complexity index is 259. The Morgan fingerprint density at radius 2 is 2.07 bits per heavy atom. The van der Waals surface area contributed by atoms with Crippen LogP contribution >= 0.6 is 15.9 Å². The molecule has 0 aromatic heterocycles. The van der Waals surface area contributed by atoms with Crippen molar-refractivity contribution in [1.29, 1.82) is 0 Å². The molecule has 84 valence electrons. The predicted molar refractivity (Wildman–Crippen MR) is 64.1 cm³/mol. The zero-order valence-corrected chi connectivity index (χ0v) is 10.4. The molecule has 2 aliphatic rings. The van der Waals surface area contributed by atoms with E-state index in [4.69, 9.17) is 0 Å². The van der Waals surface area contributed by atoms with E-state index in [2.05, 4.69) is 33.0 Å². The highest BCUT2D eigenvalue weighted by atomic mass is 79.9. The van der Waals surface area contributed by atoms with Crippen LogP contribution in [0.4, 0.5) is 0 Å². The molecule has 0 aliphatic carbocycles. The Hall–Kier alpha value is -0.350. The monoisotopic (exact) mass is 272 g/mol. The fourth-order valence-corrected chi connectivity index (χ4v) is 2.69. The van der Waals surface area contributed by atoms with E-state index in [0.717, 1.165) is 45.6 Å². The van der Waals surface area contributed by atoms with Crippen LogP contribution in [0.3, 0.4) is 0 Å². The highest BCUT2D eigenvalue weighted by Crippen LogP contribution is 2.18. The number of likely N-dealkylation sites (tertiary alicyclic amines) is 1. The molecule has 2 aliphatic heterocycles. The van der Waals surface area contributed by atoms with Gasteiger partial charge in [0.05, 0.1) is 4.83 Å². The molecule has 2 heterocycles. The number of piperidine rings is 1. The SMILES string of the molecule is O=C1C(Br)CCCN1CCN1CC=CC1. The predicted octanol–water partition coefficient (Wildman–Crippen LogP) is 1.24. The second-order valence-corrected chi connectivity index (χ2v) is 5.27. The lowest BCUT2D eigenvalue weighted by Gasteiger charge is -2.31. The van der Waals surface area contributed by atoms with Crippen LogP contribution in [0.2, 0.25) is 0 Å². The standard InChI is InChI=1S/C11H17BrN2O/c12-10-4-3-7-14(11(10)15)9-8-13-5-1-2-6-13/h1-2,10H,3-9H2. The van der Waals surface area contributed by atoms with E-state index in [1.807, 2.05) is 4.90 Å². The number of nitrogens with zero attached hydrogens (tertiary/aromatic N) is 2. The van der Waals surface area contributed by atoms with Gasteiger partial charge < -0.3 is 4.90 Å². The molecule has 0 spiro atoms. The Kier molecular flexibility index (Phi) is 3.81. The number of carbonyl (C=O) groups is 1. The summed E-state index contributed by atoms with van der Waals surface area (Å²) in [4.78, 5) is 16.2. The van der Waals surface area contributed by atoms with Gasteiger partial charge in [0.15, 0.2) is 0 Å². The Morgan fingerprint density at radius 3 is 2.80 bits per heavy atom. The van der Waals surface area contributed by atoms with E-state index in [1.54, 1.807) is 0 Å². The Balaban J connectivity index is 1.75. The van der Waals surface area contributed by atoms with Gasteiger partial charge in [0.2, 0.25) is 5.91 Å². The Labute approximate surface area is 99.2 Å². The van der Waals surface area contributed by atoms with Gasteiger partial charge in [0.25, 0.3) is 0 Å². The first-order valence-corrected chi connectivity index (χ1v) is 6.49. The van der Waals surface area contributed by atoms with Gasteiger partial charge in [-0.1, -0.05) is 28.1 Å². The lowest BCUT2D eigenvalue weighted by atomic mass is 10.1. The molecular weight excluding hydrogens is 256 g/mol. The maximum atomic E-state index is 11.8. The van der Waals surface area contributed by atoms with Gasteiger partial charge >= 0.3 is 0 Å². The third kappa shape index (κ3) is 2.82. The van der Waals surface area contributed by atoms with E-state index >= 15 is 0 Å². The molecule has 1 saturated heterocycles. The van der Waals surface area contributed by atoms with Crippen LogP contribution in [0.15, 0.2) is 12.2 Å². The first kappa shape index (κ1) is 11.1. The van der Waals surface area contributed by atoms with Gasteiger partial charge in [-0.05, 0) is 12.8 Å². The van der Waals surface area contributed by atoms with Gasteiger partial charge in [0, 0.05) is 32.7 Å². The number of halogens is 1. The summed E-state index contributed by atoms with van der Waals surface area (Å²) in [5.41, 5.74) is 0. The van der Waals surface area contributed by atoms with Crippen molar-refractivity contribution < 1.29 is 4.79 Å². The van der Waals surface area contributed by atoms with Crippen molar-refractivity contribution in [3.05, 3.63) is 12.2 Å². The van der Waals surface area contributed by atoms with E-state index in [0.29, 0.717) is 0 Å². The summed E-state index contributed by atoms with van der Waals surface area (Å²) in [5.74, 6) is 0.272. The van der Waals surface area contributed by atoms with Crippen LogP contribution in [-0.2, 0) is 4.79 Å². The lowest BCUT2D eigenvalue weighted by molar-refractivity contribution is -0.132. The van der Waals surface area contributed by atoms with Crippen molar-refractivity contribution in [2.45, 2.75) is 17.7 Å². The van der Waals surface area contributed by atoms with Crippen LogP contribution in [0.1, 0.15) is 12.8 Å². The minimum atomic E-state index is 0.0583. The molecule has 1 fully saturated rings. The number of carbonyl (C=O) groups excluding carboxylic acids is 1. The summed E-state index contributed by atoms with van der Waals surface area (Å²) in [6.45, 7) is 4.89. The summed E-state index contributed by atoms with van der Waals surface area (Å²) < 4.78 is 0. The fraction of sp³-hybridized carbons (Fsp3) is 0.727. The van der Waals surface area contributed by atoms with Crippen molar-refractivity contribution in [1.82, 2.24) is 9.80 Å². The second-order valence-electron chi connectivity index (χ2n) is 4.17. The zero-order valence-electron chi connectivity index (χ0n) is 8.86. The summed E-state index contributed by atoms with van der Waals surface area (Å²) in [6.07, 6.45) is 6.48. The summed E-state index contributed by atoms with van der Waals surface area (Å²) >= 11 is 3.43. The minimum Gasteiger partial charge on any atom is -0.340 e. The normalized spacial score (nSPS) is 27.7. The highest BCUT2D eigenvalue weighted by molar-refractivity contribution is 9.10. The largest absolute Gasteiger partial charge is 0.340 e. The molecule has 15 heavy (non-hydrogen) atoms. The maximum Gasteiger partial charge on any atom is 0.236 e. The number of alkyl halides is 1. The third-order valence-corrected chi connectivity index (χ3v) is 3.89. The summed E-state index contributed by atoms with van der Waals surface area (Å²) in [7, 11) is 0. The molecule has 0 aromatic rings. The molecule has 0 bridgehead atoms. The van der Waals surface area contributed by atoms with Gasteiger partial charge in [-0.15, -0.1) is 0 Å². The molecule has 0 radical (unpaired) electrons. The second kappa shape index (κ2) is 5.12. The van der Waals surface area contributed by atoms with Crippen molar-refractivity contribution in [3.63, 3.8) is 0 Å². The minimum absolute atomic E-state index is 0.0583. The number of hydrogen-bond acceptors (Lipinski definition) is 2. The van der Waals surface area contributed by atoms with Crippen LogP contribution in [0.5, 0.6) is 0 Å². The van der Waals surface area contributed by atoms with E-state index in [-0.39, 0.29) is 10.7 Å². The van der Waals surface area contributed by atoms with Crippen LogP contribution in [0, 0.1) is 0 Å². The average molecular weight is 273 g/mol. The maximum absolute atomic E-state index is 11.8. The molecule has 0 N–H and O–H groups in total. The molecule has 0 saturated carbocycles. The van der Waals surface area contributed by atoms with Crippen LogP contribution in [-0.4, -0.2) is 53.3 Å². The van der Waals surface area contributed by atoms with E-state index < -0.39 is 0 Å². The summed E-state index contributed by atoms with van der Waals surface area (Å²) in [6, 6.07) is 0. The molecule has 2 rings (SSSR count). The molecule has 1 amide bonds. The van der Waals surface area contributed by atoms with Gasteiger partial charge in [-0.2, -0.15) is 0 Å². The molecule has 1 atom stereocenters. The quantitative estimate of drug-likeness (QED) is 0.570. The van der Waals surface area contributed by atoms with Crippen molar-refractivity contribution in [2.24, 2.45) is 0 Å². The Morgan fingerprint density at radius 1 is 1.33 bits per heavy atom. The average Bonchev–Trinajstić information content (AvgIpc) is 2.73. The van der Waals surface area contributed by atoms with E-state index in [1.165, 1.54) is 0 Å². The molecule has 1 unspecified atom stereocenters. The lowest BCUT2D eigenvalue weighted by Crippen LogP contribution is -2.45. The topological polar surface area (TPSA) is 23.6 Å². The van der Waals surface area contributed by atoms with Gasteiger partial charge in [-0.25, -0.2) is 0 Å². The van der Waals surface area contributed by atoms with Crippen molar-refractivity contribution in [2.75, 3.05) is 32.7 Å². The van der Waals surface area contributed by atoms with Gasteiger partial charge in [-0.3, -0.25) is 9.69 Å². The smallest absolute Gasteiger partial charge is 0.236 e. The molecule has 3 nitrogen and oxygen atoms in total. The number of hydrogen-bond donors (Lipinski definition) is 0. The molecular formula is C11H17BrN2O. The van der Waals surface area contributed by atoms with Gasteiger partial charge in [0.1, 0.15) is 0 Å². The van der Waals surface area contributed by atoms with E-state index in [9.17, 15) is 4.79 Å². The fourth-order valence-electron chi connectivity index (χ4n) is 2.08. The van der Waals surface area contributed by atoms with Crippen LogP contribution in [0.25, 0.3) is 0 Å². The number of rotatable bonds is 3. The zero-order chi connectivity index (χ0) is 10.7. The third-order valence-electron chi connectivity index (χ3n) is 3.05. The molecule has 0 aromatic carbocycles. The first-order valence-electron chi connectivity index (χ1n) is 5.57. The number of amides is 1. The first-order chi connectivity index (χ1) is 7.27. The van der Waals surface area contributed by atoms with Crippen LogP contribution < -0.4 is 0 Å². The summed E-state index contributed by atoms with van der Waals surface area (Å²) in [5, 5.41) is 0. The highest BCUT2D eigenvalue weighted by Gasteiger charge is 2.26. The van der Waals surface area contributed by atoms with Crippen molar-refractivity contribution >= 4 is 21.8 Å². The van der Waals surface area contributed by atoms with Crippen molar-refractivity contribution in [3.8, 4) is 0 Å².